The molecule has 0 aromatic heterocycles. The average molecular weight is 492 g/mol. The molecule has 1 saturated carbocycles. The van der Waals surface area contributed by atoms with Gasteiger partial charge in [0.05, 0.1) is 34.4 Å². The lowest BCUT2D eigenvalue weighted by Gasteiger charge is -2.47. The summed E-state index contributed by atoms with van der Waals surface area (Å²) in [5, 5.41) is 3.49. The number of carbonyl (C=O) groups is 1. The Kier molecular flexibility index (Phi) is 5.33. The monoisotopic (exact) mass is 492 g/mol. The van der Waals surface area contributed by atoms with E-state index in [2.05, 4.69) is 16.4 Å². The van der Waals surface area contributed by atoms with Crippen LogP contribution in [0.1, 0.15) is 27.9 Å². The van der Waals surface area contributed by atoms with Crippen LogP contribution in [0.3, 0.4) is 0 Å². The number of nitrogens with one attached hydrogen (secondary N) is 1. The quantitative estimate of drug-likeness (QED) is 0.386. The van der Waals surface area contributed by atoms with Crippen molar-refractivity contribution in [2.75, 3.05) is 13.2 Å². The third kappa shape index (κ3) is 3.95. The maximum absolute atomic E-state index is 13.3. The van der Waals surface area contributed by atoms with Crippen molar-refractivity contribution in [3.8, 4) is 0 Å². The molecule has 4 aliphatic rings. The summed E-state index contributed by atoms with van der Waals surface area (Å²) in [5.41, 5.74) is -2.83. The van der Waals surface area contributed by atoms with E-state index in [1.54, 1.807) is 17.3 Å². The second kappa shape index (κ2) is 7.74. The number of aliphatic imine (C=N–C) groups is 1. The number of ether oxygens (including phenoxy) is 2. The Morgan fingerprint density at radius 1 is 1.24 bits per heavy atom. The largest absolute Gasteiger partial charge is 0.458 e. The SMILES string of the molecule is O=C(OCC1NC2C3C=CC(C3)(O1)C2C1CN=CS1)c1cc(C(F)(F)F)ccc1C(F)(F)F. The minimum absolute atomic E-state index is 0.0194. The van der Waals surface area contributed by atoms with E-state index in [9.17, 15) is 31.1 Å². The smallest absolute Gasteiger partial charge is 0.417 e. The molecule has 0 radical (unpaired) electrons. The van der Waals surface area contributed by atoms with Gasteiger partial charge in [0.15, 0.2) is 0 Å². The summed E-state index contributed by atoms with van der Waals surface area (Å²) < 4.78 is 90.1. The van der Waals surface area contributed by atoms with Crippen molar-refractivity contribution in [3.63, 3.8) is 0 Å². The Labute approximate surface area is 188 Å². The van der Waals surface area contributed by atoms with Gasteiger partial charge in [-0.15, -0.1) is 11.8 Å². The van der Waals surface area contributed by atoms with Gasteiger partial charge in [0.2, 0.25) is 0 Å². The number of esters is 1. The van der Waals surface area contributed by atoms with Crippen molar-refractivity contribution in [3.05, 3.63) is 47.0 Å². The Morgan fingerprint density at radius 2 is 2.03 bits per heavy atom. The molecule has 2 fully saturated rings. The van der Waals surface area contributed by atoms with Crippen molar-refractivity contribution in [2.45, 2.75) is 41.9 Å². The lowest BCUT2D eigenvalue weighted by Crippen LogP contribution is -2.62. The van der Waals surface area contributed by atoms with E-state index < -0.39 is 53.4 Å². The van der Waals surface area contributed by atoms with E-state index in [-0.39, 0.29) is 41.3 Å². The number of halogens is 6. The molecule has 5 rings (SSSR count). The summed E-state index contributed by atoms with van der Waals surface area (Å²) in [7, 11) is 0. The molecular weight excluding hydrogens is 474 g/mol. The molecule has 2 aliphatic heterocycles. The van der Waals surface area contributed by atoms with Gasteiger partial charge < -0.3 is 9.47 Å². The molecular formula is C21H18F6N2O3S. The molecule has 5 nitrogen and oxygen atoms in total. The van der Waals surface area contributed by atoms with Crippen LogP contribution in [0.4, 0.5) is 26.3 Å². The lowest BCUT2D eigenvalue weighted by atomic mass is 9.81. The van der Waals surface area contributed by atoms with Crippen LogP contribution in [0, 0.1) is 11.8 Å². The van der Waals surface area contributed by atoms with E-state index >= 15 is 0 Å². The van der Waals surface area contributed by atoms with Crippen LogP contribution in [0.5, 0.6) is 0 Å². The molecule has 1 spiro atoms. The Morgan fingerprint density at radius 3 is 2.67 bits per heavy atom. The first kappa shape index (κ1) is 22.7. The molecule has 33 heavy (non-hydrogen) atoms. The number of nitrogens with zero attached hydrogens (tertiary/aromatic N) is 1. The van der Waals surface area contributed by atoms with Crippen LogP contribution in [0.25, 0.3) is 0 Å². The zero-order chi connectivity index (χ0) is 23.6. The van der Waals surface area contributed by atoms with Crippen LogP contribution in [-0.4, -0.2) is 47.8 Å². The zero-order valence-corrected chi connectivity index (χ0v) is 17.6. The highest BCUT2D eigenvalue weighted by molar-refractivity contribution is 8.12. The third-order valence-corrected chi connectivity index (χ3v) is 7.63. The maximum atomic E-state index is 13.3. The van der Waals surface area contributed by atoms with Crippen molar-refractivity contribution < 1.29 is 40.6 Å². The highest BCUT2D eigenvalue weighted by atomic mass is 32.2. The van der Waals surface area contributed by atoms with Gasteiger partial charge in [-0.3, -0.25) is 10.3 Å². The summed E-state index contributed by atoms with van der Waals surface area (Å²) in [4.78, 5) is 16.7. The van der Waals surface area contributed by atoms with Gasteiger partial charge in [-0.05, 0) is 30.5 Å². The van der Waals surface area contributed by atoms with Gasteiger partial charge in [0.25, 0.3) is 0 Å². The van der Waals surface area contributed by atoms with Gasteiger partial charge in [-0.25, -0.2) is 4.79 Å². The standard InChI is InChI=1S/C21H18F6N2O3S/c22-20(23,24)11-1-2-13(21(25,26)27)12(5-11)18(30)31-8-15-29-17-10-3-4-19(6-10,32-15)16(17)14-7-28-9-33-14/h1-5,9-10,14-17,29H,6-8H2. The van der Waals surface area contributed by atoms with Crippen LogP contribution in [0.15, 0.2) is 35.3 Å². The molecule has 6 unspecified atom stereocenters. The van der Waals surface area contributed by atoms with E-state index in [4.69, 9.17) is 9.47 Å². The number of alkyl halides is 6. The second-order valence-corrected chi connectivity index (χ2v) is 9.59. The van der Waals surface area contributed by atoms with Crippen molar-refractivity contribution >= 4 is 23.3 Å². The first-order valence-electron chi connectivity index (χ1n) is 10.2. The van der Waals surface area contributed by atoms with E-state index in [1.807, 2.05) is 6.08 Å². The molecule has 1 saturated heterocycles. The molecule has 1 aromatic carbocycles. The number of hydrogen-bond donors (Lipinski definition) is 1. The molecule has 6 atom stereocenters. The predicted octanol–water partition coefficient (Wildman–Crippen LogP) is 4.28. The van der Waals surface area contributed by atoms with E-state index in [0.29, 0.717) is 6.54 Å². The number of benzene rings is 1. The van der Waals surface area contributed by atoms with Gasteiger partial charge >= 0.3 is 18.3 Å². The molecule has 1 N–H and O–H groups in total. The van der Waals surface area contributed by atoms with Crippen molar-refractivity contribution in [2.24, 2.45) is 16.8 Å². The molecule has 2 aliphatic carbocycles. The Hall–Kier alpha value is -2.05. The number of thioether (sulfide) groups is 1. The third-order valence-electron chi connectivity index (χ3n) is 6.57. The zero-order valence-electron chi connectivity index (χ0n) is 16.8. The summed E-state index contributed by atoms with van der Waals surface area (Å²) in [6.45, 7) is 0.223. The van der Waals surface area contributed by atoms with Crippen LogP contribution >= 0.6 is 11.8 Å². The van der Waals surface area contributed by atoms with Crippen molar-refractivity contribution in [1.29, 1.82) is 0 Å². The number of carbonyl (C=O) groups excluding carboxylic acids is 1. The van der Waals surface area contributed by atoms with Gasteiger partial charge in [-0.1, -0.05) is 12.2 Å². The average Bonchev–Trinajstić information content (AvgIpc) is 3.43. The fraction of sp³-hybridized carbons (Fsp3) is 0.524. The number of hydrogen-bond acceptors (Lipinski definition) is 6. The van der Waals surface area contributed by atoms with Gasteiger partial charge in [0.1, 0.15) is 12.8 Å². The summed E-state index contributed by atoms with van der Waals surface area (Å²) in [6, 6.07) is 0.714. The first-order chi connectivity index (χ1) is 15.5. The normalized spacial score (nSPS) is 34.8. The van der Waals surface area contributed by atoms with Gasteiger partial charge in [-0.2, -0.15) is 26.3 Å². The number of fused-ring (bicyclic) bond motifs is 3. The Balaban J connectivity index is 1.31. The maximum Gasteiger partial charge on any atom is 0.417 e. The summed E-state index contributed by atoms with van der Waals surface area (Å²) in [6.07, 6.45) is -5.93. The highest BCUT2D eigenvalue weighted by Gasteiger charge is 2.62. The molecule has 2 heterocycles. The fourth-order valence-electron chi connectivity index (χ4n) is 5.27. The fourth-order valence-corrected chi connectivity index (χ4v) is 6.33. The molecule has 12 heteroatoms. The molecule has 178 valence electrons. The first-order valence-corrected chi connectivity index (χ1v) is 11.1. The lowest BCUT2D eigenvalue weighted by molar-refractivity contribution is -0.148. The molecule has 3 bridgehead atoms. The van der Waals surface area contributed by atoms with Crippen LogP contribution in [0.2, 0.25) is 0 Å². The van der Waals surface area contributed by atoms with Crippen molar-refractivity contribution in [1.82, 2.24) is 5.32 Å². The van der Waals surface area contributed by atoms with Gasteiger partial charge in [0, 0.05) is 17.2 Å². The van der Waals surface area contributed by atoms with E-state index in [0.717, 1.165) is 6.42 Å². The topological polar surface area (TPSA) is 59.9 Å². The highest BCUT2D eigenvalue weighted by Crippen LogP contribution is 2.55. The minimum atomic E-state index is -5.02. The summed E-state index contributed by atoms with van der Waals surface area (Å²) >= 11 is 1.63. The minimum Gasteiger partial charge on any atom is -0.458 e. The predicted molar refractivity (Wildman–Crippen MR) is 107 cm³/mol. The molecule has 1 aromatic rings. The Bertz CT molecular complexity index is 1020. The van der Waals surface area contributed by atoms with E-state index in [1.165, 1.54) is 0 Å². The second-order valence-electron chi connectivity index (χ2n) is 8.51. The molecule has 0 amide bonds. The van der Waals surface area contributed by atoms with Crippen LogP contribution in [-0.2, 0) is 21.8 Å². The van der Waals surface area contributed by atoms with Crippen LogP contribution < -0.4 is 5.32 Å². The number of rotatable bonds is 4. The summed E-state index contributed by atoms with van der Waals surface area (Å²) in [5.74, 6) is -1.16.